The molecule has 2 aromatic carbocycles. The van der Waals surface area contributed by atoms with Crippen molar-refractivity contribution >= 4 is 21.4 Å². The van der Waals surface area contributed by atoms with Gasteiger partial charge in [0.15, 0.2) is 0 Å². The van der Waals surface area contributed by atoms with Gasteiger partial charge in [-0.1, -0.05) is 29.8 Å². The zero-order valence-corrected chi connectivity index (χ0v) is 16.3. The number of nitro benzene ring substituents is 1. The number of para-hydroxylation sites is 2. The van der Waals surface area contributed by atoms with E-state index in [1.807, 2.05) is 6.92 Å². The van der Waals surface area contributed by atoms with E-state index in [-0.39, 0.29) is 29.4 Å². The minimum Gasteiger partial charge on any atom is -0.390 e. The highest BCUT2D eigenvalue weighted by molar-refractivity contribution is 7.92. The van der Waals surface area contributed by atoms with Crippen molar-refractivity contribution in [3.8, 4) is 0 Å². The van der Waals surface area contributed by atoms with Gasteiger partial charge in [-0.05, 0) is 39.2 Å². The van der Waals surface area contributed by atoms with E-state index in [0.717, 1.165) is 9.87 Å². The number of hydrogen-bond donors (Lipinski definition) is 1. The molecule has 0 saturated carbocycles. The fraction of sp³-hybridized carbons (Fsp3) is 0.333. The molecule has 9 heteroatoms. The van der Waals surface area contributed by atoms with Crippen LogP contribution in [-0.4, -0.2) is 56.6 Å². The van der Waals surface area contributed by atoms with Gasteiger partial charge < -0.3 is 10.0 Å². The van der Waals surface area contributed by atoms with E-state index in [0.29, 0.717) is 0 Å². The van der Waals surface area contributed by atoms with Crippen molar-refractivity contribution in [2.75, 3.05) is 31.5 Å². The van der Waals surface area contributed by atoms with Gasteiger partial charge in [0.2, 0.25) is 0 Å². The zero-order valence-electron chi connectivity index (χ0n) is 15.4. The van der Waals surface area contributed by atoms with Gasteiger partial charge in [-0.15, -0.1) is 0 Å². The number of benzene rings is 2. The molecule has 0 unspecified atom stereocenters. The van der Waals surface area contributed by atoms with Crippen molar-refractivity contribution in [1.82, 2.24) is 4.90 Å². The molecule has 2 rings (SSSR count). The molecule has 0 spiro atoms. The van der Waals surface area contributed by atoms with Crippen LogP contribution in [-0.2, 0) is 10.0 Å². The van der Waals surface area contributed by atoms with Crippen LogP contribution in [0.25, 0.3) is 0 Å². The maximum absolute atomic E-state index is 13.2. The molecule has 27 heavy (non-hydrogen) atoms. The number of rotatable bonds is 8. The summed E-state index contributed by atoms with van der Waals surface area (Å²) in [5, 5.41) is 21.7. The van der Waals surface area contributed by atoms with E-state index < -0.39 is 21.1 Å². The van der Waals surface area contributed by atoms with Gasteiger partial charge >= 0.3 is 0 Å². The Balaban J connectivity index is 2.56. The average molecular weight is 393 g/mol. The first-order valence-electron chi connectivity index (χ1n) is 8.28. The number of anilines is 1. The first-order valence-corrected chi connectivity index (χ1v) is 9.72. The van der Waals surface area contributed by atoms with Gasteiger partial charge in [-0.25, -0.2) is 8.42 Å². The third-order valence-corrected chi connectivity index (χ3v) is 5.70. The molecule has 0 fully saturated rings. The van der Waals surface area contributed by atoms with Crippen LogP contribution < -0.4 is 4.31 Å². The van der Waals surface area contributed by atoms with Gasteiger partial charge in [0.05, 0.1) is 22.5 Å². The molecule has 0 bridgehead atoms. The summed E-state index contributed by atoms with van der Waals surface area (Å²) in [5.74, 6) is 0. The van der Waals surface area contributed by atoms with Crippen molar-refractivity contribution in [2.24, 2.45) is 0 Å². The smallest absolute Gasteiger partial charge is 0.293 e. The van der Waals surface area contributed by atoms with Gasteiger partial charge in [-0.3, -0.25) is 14.4 Å². The Bertz CT molecular complexity index is 897. The minimum absolute atomic E-state index is 0.00306. The molecule has 1 atom stereocenters. The van der Waals surface area contributed by atoms with Crippen LogP contribution in [0.3, 0.4) is 0 Å². The molecule has 2 aromatic rings. The quantitative estimate of drug-likeness (QED) is 0.544. The number of aryl methyl sites for hydroxylation is 1. The largest absolute Gasteiger partial charge is 0.390 e. The summed E-state index contributed by atoms with van der Waals surface area (Å²) in [6, 6.07) is 11.8. The van der Waals surface area contributed by atoms with Crippen molar-refractivity contribution < 1.29 is 18.4 Å². The van der Waals surface area contributed by atoms with Crippen molar-refractivity contribution in [3.63, 3.8) is 0 Å². The number of nitrogens with zero attached hydrogens (tertiary/aromatic N) is 3. The number of nitro groups is 1. The van der Waals surface area contributed by atoms with Crippen LogP contribution in [0.1, 0.15) is 5.56 Å². The molecule has 0 aromatic heterocycles. The molecule has 1 N–H and O–H groups in total. The SMILES string of the molecule is Cc1ccc(S(=O)(=O)N(C[C@H](O)CN(C)C)c2ccccc2[N+](=O)[O-])cc1. The second kappa shape index (κ2) is 8.47. The molecule has 0 aliphatic rings. The Morgan fingerprint density at radius 2 is 1.67 bits per heavy atom. The van der Waals surface area contributed by atoms with Crippen LogP contribution in [0.2, 0.25) is 0 Å². The number of aliphatic hydroxyl groups excluding tert-OH is 1. The number of aliphatic hydroxyl groups is 1. The first kappa shape index (κ1) is 20.8. The topological polar surface area (TPSA) is 104 Å². The van der Waals surface area contributed by atoms with Gasteiger partial charge in [0.1, 0.15) is 5.69 Å². The summed E-state index contributed by atoms with van der Waals surface area (Å²) < 4.78 is 27.3. The summed E-state index contributed by atoms with van der Waals surface area (Å²) in [5.41, 5.74) is 0.463. The Labute approximate surface area is 158 Å². The normalized spacial score (nSPS) is 12.8. The Hall–Kier alpha value is -2.49. The van der Waals surface area contributed by atoms with E-state index in [4.69, 9.17) is 0 Å². The molecule has 0 saturated heterocycles. The molecule has 0 heterocycles. The standard InChI is InChI=1S/C18H23N3O5S/c1-14-8-10-16(11-9-14)27(25,26)20(13-15(22)12-19(2)3)17-6-4-5-7-18(17)21(23)24/h4-11,15,22H,12-13H2,1-3H3/t15-/m1/s1. The molecule has 146 valence electrons. The second-order valence-electron chi connectivity index (χ2n) is 6.51. The van der Waals surface area contributed by atoms with Gasteiger partial charge in [0.25, 0.3) is 15.7 Å². The lowest BCUT2D eigenvalue weighted by molar-refractivity contribution is -0.384. The van der Waals surface area contributed by atoms with E-state index >= 15 is 0 Å². The highest BCUT2D eigenvalue weighted by Gasteiger charge is 2.31. The number of sulfonamides is 1. The average Bonchev–Trinajstić information content (AvgIpc) is 2.59. The van der Waals surface area contributed by atoms with Gasteiger partial charge in [-0.2, -0.15) is 0 Å². The molecule has 0 aliphatic carbocycles. The lowest BCUT2D eigenvalue weighted by atomic mass is 10.2. The van der Waals surface area contributed by atoms with E-state index in [1.54, 1.807) is 31.1 Å². The van der Waals surface area contributed by atoms with Crippen molar-refractivity contribution in [3.05, 3.63) is 64.2 Å². The maximum atomic E-state index is 13.2. The van der Waals surface area contributed by atoms with Crippen LogP contribution in [0, 0.1) is 17.0 Å². The Morgan fingerprint density at radius 1 is 1.07 bits per heavy atom. The fourth-order valence-corrected chi connectivity index (χ4v) is 4.18. The molecule has 0 radical (unpaired) electrons. The third-order valence-electron chi connectivity index (χ3n) is 3.91. The van der Waals surface area contributed by atoms with Crippen molar-refractivity contribution in [1.29, 1.82) is 0 Å². The first-order chi connectivity index (χ1) is 12.6. The lowest BCUT2D eigenvalue weighted by Gasteiger charge is -2.27. The Morgan fingerprint density at radius 3 is 2.22 bits per heavy atom. The monoisotopic (exact) mass is 393 g/mol. The zero-order chi connectivity index (χ0) is 20.2. The minimum atomic E-state index is -4.11. The summed E-state index contributed by atoms with van der Waals surface area (Å²) in [4.78, 5) is 12.5. The van der Waals surface area contributed by atoms with Crippen LogP contribution in [0.15, 0.2) is 53.4 Å². The molecular formula is C18H23N3O5S. The molecule has 0 amide bonds. The summed E-state index contributed by atoms with van der Waals surface area (Å²) in [6.07, 6.45) is -1.03. The summed E-state index contributed by atoms with van der Waals surface area (Å²) in [6.45, 7) is 1.73. The number of hydrogen-bond acceptors (Lipinski definition) is 6. The Kier molecular flexibility index (Phi) is 6.53. The van der Waals surface area contributed by atoms with Crippen LogP contribution >= 0.6 is 0 Å². The van der Waals surface area contributed by atoms with Crippen molar-refractivity contribution in [2.45, 2.75) is 17.9 Å². The summed E-state index contributed by atoms with van der Waals surface area (Å²) >= 11 is 0. The van der Waals surface area contributed by atoms with Crippen LogP contribution in [0.5, 0.6) is 0 Å². The molecule has 0 aliphatic heterocycles. The maximum Gasteiger partial charge on any atom is 0.293 e. The number of likely N-dealkylation sites (N-methyl/N-ethyl adjacent to an activating group) is 1. The fourth-order valence-electron chi connectivity index (χ4n) is 2.66. The molecular weight excluding hydrogens is 370 g/mol. The van der Waals surface area contributed by atoms with E-state index in [2.05, 4.69) is 0 Å². The lowest BCUT2D eigenvalue weighted by Crippen LogP contribution is -2.41. The van der Waals surface area contributed by atoms with Crippen LogP contribution in [0.4, 0.5) is 11.4 Å². The van der Waals surface area contributed by atoms with E-state index in [1.165, 1.54) is 36.4 Å². The summed E-state index contributed by atoms with van der Waals surface area (Å²) in [7, 11) is -0.621. The predicted molar refractivity (Wildman–Crippen MR) is 103 cm³/mol. The predicted octanol–water partition coefficient (Wildman–Crippen LogP) is 2.02. The molecule has 8 nitrogen and oxygen atoms in total. The van der Waals surface area contributed by atoms with Gasteiger partial charge in [0, 0.05) is 12.6 Å². The highest BCUT2D eigenvalue weighted by Crippen LogP contribution is 2.32. The van der Waals surface area contributed by atoms with E-state index in [9.17, 15) is 23.6 Å². The second-order valence-corrected chi connectivity index (χ2v) is 8.37. The third kappa shape index (κ3) is 5.03. The highest BCUT2D eigenvalue weighted by atomic mass is 32.2.